The van der Waals surface area contributed by atoms with Gasteiger partial charge in [0.25, 0.3) is 0 Å². The molecule has 1 aliphatic heterocycles. The zero-order chi connectivity index (χ0) is 13.1. The van der Waals surface area contributed by atoms with E-state index in [2.05, 4.69) is 0 Å². The van der Waals surface area contributed by atoms with Crippen LogP contribution in [0.1, 0.15) is 30.6 Å². The lowest BCUT2D eigenvalue weighted by molar-refractivity contribution is 0.0820. The third kappa shape index (κ3) is 2.70. The average Bonchev–Trinajstić information content (AvgIpc) is 2.53. The first-order valence-electron chi connectivity index (χ1n) is 6.25. The highest BCUT2D eigenvalue weighted by molar-refractivity contribution is 6.00. The quantitative estimate of drug-likeness (QED) is 0.757. The van der Waals surface area contributed by atoms with Gasteiger partial charge in [-0.2, -0.15) is 0 Å². The van der Waals surface area contributed by atoms with Gasteiger partial charge in [0.1, 0.15) is 5.82 Å². The van der Waals surface area contributed by atoms with Crippen LogP contribution in [0.5, 0.6) is 0 Å². The topological polar surface area (TPSA) is 29.5 Å². The first-order chi connectivity index (χ1) is 8.59. The summed E-state index contributed by atoms with van der Waals surface area (Å²) in [6.07, 6.45) is 0.980. The monoisotopic (exact) mass is 251 g/mol. The van der Waals surface area contributed by atoms with Crippen LogP contribution < -0.4 is 4.90 Å². The summed E-state index contributed by atoms with van der Waals surface area (Å²) in [5, 5.41) is 0. The van der Waals surface area contributed by atoms with Gasteiger partial charge in [0.2, 0.25) is 0 Å². The molecule has 0 spiro atoms. The van der Waals surface area contributed by atoms with Crippen molar-refractivity contribution < 1.29 is 13.9 Å². The predicted octanol–water partition coefficient (Wildman–Crippen LogP) is 2.64. The van der Waals surface area contributed by atoms with Crippen molar-refractivity contribution in [2.75, 3.05) is 24.6 Å². The SMILES string of the molecule is CC(=O)c1c(F)cccc1N1CCCOC(C)C1. The zero-order valence-electron chi connectivity index (χ0n) is 10.8. The summed E-state index contributed by atoms with van der Waals surface area (Å²) in [6, 6.07) is 4.78. The first kappa shape index (κ1) is 13.0. The highest BCUT2D eigenvalue weighted by Gasteiger charge is 2.21. The second-order valence-corrected chi connectivity index (χ2v) is 4.67. The van der Waals surface area contributed by atoms with Gasteiger partial charge in [-0.25, -0.2) is 4.39 Å². The largest absolute Gasteiger partial charge is 0.377 e. The summed E-state index contributed by atoms with van der Waals surface area (Å²) in [5.41, 5.74) is 0.867. The van der Waals surface area contributed by atoms with Crippen LogP contribution >= 0.6 is 0 Å². The van der Waals surface area contributed by atoms with Crippen LogP contribution in [0.3, 0.4) is 0 Å². The van der Waals surface area contributed by atoms with E-state index in [1.807, 2.05) is 11.8 Å². The molecule has 0 aromatic heterocycles. The smallest absolute Gasteiger partial charge is 0.164 e. The molecule has 1 saturated heterocycles. The van der Waals surface area contributed by atoms with Crippen LogP contribution in [0.2, 0.25) is 0 Å². The minimum atomic E-state index is -0.446. The lowest BCUT2D eigenvalue weighted by atomic mass is 10.1. The fourth-order valence-corrected chi connectivity index (χ4v) is 2.34. The van der Waals surface area contributed by atoms with Crippen LogP contribution in [-0.4, -0.2) is 31.6 Å². The summed E-state index contributed by atoms with van der Waals surface area (Å²) >= 11 is 0. The number of carbonyl (C=O) groups is 1. The Morgan fingerprint density at radius 2 is 2.28 bits per heavy atom. The highest BCUT2D eigenvalue weighted by atomic mass is 19.1. The molecular formula is C14H18FNO2. The van der Waals surface area contributed by atoms with Gasteiger partial charge in [0.05, 0.1) is 17.4 Å². The Bertz CT molecular complexity index is 447. The molecule has 0 amide bonds. The van der Waals surface area contributed by atoms with Crippen molar-refractivity contribution >= 4 is 11.5 Å². The number of halogens is 1. The summed E-state index contributed by atoms with van der Waals surface area (Å²) in [7, 11) is 0. The van der Waals surface area contributed by atoms with Crippen molar-refractivity contribution in [1.29, 1.82) is 0 Å². The fraction of sp³-hybridized carbons (Fsp3) is 0.500. The molecule has 1 aromatic carbocycles. The number of rotatable bonds is 2. The van der Waals surface area contributed by atoms with Crippen LogP contribution in [0.15, 0.2) is 18.2 Å². The maximum Gasteiger partial charge on any atom is 0.164 e. The summed E-state index contributed by atoms with van der Waals surface area (Å²) in [4.78, 5) is 13.6. The molecule has 1 unspecified atom stereocenters. The molecule has 1 aliphatic rings. The van der Waals surface area contributed by atoms with Crippen LogP contribution in [0, 0.1) is 5.82 Å². The summed E-state index contributed by atoms with van der Waals surface area (Å²) in [6.45, 7) is 5.57. The number of anilines is 1. The molecule has 0 bridgehead atoms. The van der Waals surface area contributed by atoms with Gasteiger partial charge in [0, 0.05) is 19.7 Å². The van der Waals surface area contributed by atoms with Gasteiger partial charge in [-0.3, -0.25) is 4.79 Å². The third-order valence-electron chi connectivity index (χ3n) is 3.14. The summed E-state index contributed by atoms with van der Waals surface area (Å²) in [5.74, 6) is -0.682. The van der Waals surface area contributed by atoms with E-state index in [1.54, 1.807) is 12.1 Å². The second-order valence-electron chi connectivity index (χ2n) is 4.67. The van der Waals surface area contributed by atoms with E-state index in [1.165, 1.54) is 13.0 Å². The van der Waals surface area contributed by atoms with Gasteiger partial charge in [-0.1, -0.05) is 6.07 Å². The van der Waals surface area contributed by atoms with E-state index in [0.717, 1.165) is 13.0 Å². The van der Waals surface area contributed by atoms with Crippen molar-refractivity contribution in [3.05, 3.63) is 29.6 Å². The zero-order valence-corrected chi connectivity index (χ0v) is 10.8. The molecule has 3 nitrogen and oxygen atoms in total. The Morgan fingerprint density at radius 3 is 3.00 bits per heavy atom. The molecule has 98 valence electrons. The van der Waals surface area contributed by atoms with Crippen molar-refractivity contribution in [3.8, 4) is 0 Å². The molecule has 0 N–H and O–H groups in total. The molecular weight excluding hydrogens is 233 g/mol. The number of Topliss-reactive ketones (excluding diaryl/α,β-unsaturated/α-hetero) is 1. The Hall–Kier alpha value is -1.42. The highest BCUT2D eigenvalue weighted by Crippen LogP contribution is 2.25. The maximum absolute atomic E-state index is 13.8. The molecule has 1 atom stereocenters. The van der Waals surface area contributed by atoms with Crippen LogP contribution in [0.25, 0.3) is 0 Å². The van der Waals surface area contributed by atoms with Crippen molar-refractivity contribution in [1.82, 2.24) is 0 Å². The van der Waals surface area contributed by atoms with E-state index >= 15 is 0 Å². The molecule has 4 heteroatoms. The number of benzene rings is 1. The Balaban J connectivity index is 2.37. The predicted molar refractivity (Wildman–Crippen MR) is 68.6 cm³/mol. The lowest BCUT2D eigenvalue weighted by Crippen LogP contribution is -2.31. The molecule has 2 rings (SSSR count). The number of hydrogen-bond donors (Lipinski definition) is 0. The minimum absolute atomic E-state index is 0.0931. The summed E-state index contributed by atoms with van der Waals surface area (Å²) < 4.78 is 19.3. The van der Waals surface area contributed by atoms with Gasteiger partial charge in [-0.15, -0.1) is 0 Å². The van der Waals surface area contributed by atoms with Crippen molar-refractivity contribution in [2.24, 2.45) is 0 Å². The number of ether oxygens (including phenoxy) is 1. The van der Waals surface area contributed by atoms with Gasteiger partial charge < -0.3 is 9.64 Å². The van der Waals surface area contributed by atoms with E-state index in [-0.39, 0.29) is 17.5 Å². The van der Waals surface area contributed by atoms with Gasteiger partial charge >= 0.3 is 0 Å². The maximum atomic E-state index is 13.8. The molecule has 18 heavy (non-hydrogen) atoms. The Kier molecular flexibility index (Phi) is 3.97. The third-order valence-corrected chi connectivity index (χ3v) is 3.14. The van der Waals surface area contributed by atoms with Crippen molar-refractivity contribution in [3.63, 3.8) is 0 Å². The van der Waals surface area contributed by atoms with E-state index in [9.17, 15) is 9.18 Å². The second kappa shape index (κ2) is 5.48. The Morgan fingerprint density at radius 1 is 1.50 bits per heavy atom. The molecule has 0 radical (unpaired) electrons. The minimum Gasteiger partial charge on any atom is -0.377 e. The van der Waals surface area contributed by atoms with Crippen LogP contribution in [0.4, 0.5) is 10.1 Å². The van der Waals surface area contributed by atoms with Gasteiger partial charge in [0.15, 0.2) is 5.78 Å². The van der Waals surface area contributed by atoms with Gasteiger partial charge in [-0.05, 0) is 32.4 Å². The van der Waals surface area contributed by atoms with E-state index < -0.39 is 5.82 Å². The number of nitrogens with zero attached hydrogens (tertiary/aromatic N) is 1. The van der Waals surface area contributed by atoms with E-state index in [4.69, 9.17) is 4.74 Å². The molecule has 0 aliphatic carbocycles. The molecule has 1 fully saturated rings. The normalized spacial score (nSPS) is 20.6. The Labute approximate surface area is 107 Å². The standard InChI is InChI=1S/C14H18FNO2/c1-10-9-16(7-4-8-18-10)13-6-3-5-12(15)14(13)11(2)17/h3,5-6,10H,4,7-9H2,1-2H3. The van der Waals surface area contributed by atoms with E-state index in [0.29, 0.717) is 18.8 Å². The number of hydrogen-bond acceptors (Lipinski definition) is 3. The lowest BCUT2D eigenvalue weighted by Gasteiger charge is -2.26. The average molecular weight is 251 g/mol. The number of carbonyl (C=O) groups excluding carboxylic acids is 1. The number of ketones is 1. The molecule has 1 heterocycles. The molecule has 1 aromatic rings. The molecule has 0 saturated carbocycles. The fourth-order valence-electron chi connectivity index (χ4n) is 2.34. The van der Waals surface area contributed by atoms with Crippen molar-refractivity contribution in [2.45, 2.75) is 26.4 Å². The van der Waals surface area contributed by atoms with Crippen LogP contribution in [-0.2, 0) is 4.74 Å². The first-order valence-corrected chi connectivity index (χ1v) is 6.25.